The summed E-state index contributed by atoms with van der Waals surface area (Å²) in [7, 11) is 1.48. The van der Waals surface area contributed by atoms with Gasteiger partial charge < -0.3 is 4.74 Å². The first-order valence-electron chi connectivity index (χ1n) is 6.01. The van der Waals surface area contributed by atoms with Crippen LogP contribution in [0.5, 0.6) is 0 Å². The third-order valence-electron chi connectivity index (χ3n) is 3.29. The number of hydrogen-bond donors (Lipinski definition) is 0. The lowest BCUT2D eigenvalue weighted by Gasteiger charge is -2.35. The van der Waals surface area contributed by atoms with Crippen molar-refractivity contribution in [2.75, 3.05) is 20.2 Å². The van der Waals surface area contributed by atoms with Crippen molar-refractivity contribution in [3.05, 3.63) is 0 Å². The number of piperidine rings is 1. The molecule has 0 N–H and O–H groups in total. The molecule has 0 aromatic rings. The van der Waals surface area contributed by atoms with Crippen LogP contribution in [0.3, 0.4) is 0 Å². The first-order chi connectivity index (χ1) is 7.19. The van der Waals surface area contributed by atoms with Crippen molar-refractivity contribution in [3.63, 3.8) is 0 Å². The average molecular weight is 213 g/mol. The molecular formula is C12H23NO2. The van der Waals surface area contributed by atoms with E-state index in [1.807, 2.05) is 0 Å². The topological polar surface area (TPSA) is 29.5 Å². The van der Waals surface area contributed by atoms with Gasteiger partial charge in [-0.2, -0.15) is 0 Å². The lowest BCUT2D eigenvalue weighted by molar-refractivity contribution is -0.148. The highest BCUT2D eigenvalue weighted by Crippen LogP contribution is 2.20. The van der Waals surface area contributed by atoms with Crippen molar-refractivity contribution in [1.82, 2.24) is 4.90 Å². The summed E-state index contributed by atoms with van der Waals surface area (Å²) in [6.07, 6.45) is 4.36. The lowest BCUT2D eigenvalue weighted by atomic mass is 9.97. The first kappa shape index (κ1) is 12.5. The van der Waals surface area contributed by atoms with Gasteiger partial charge in [-0.1, -0.05) is 20.3 Å². The van der Waals surface area contributed by atoms with Crippen LogP contribution in [-0.4, -0.2) is 37.1 Å². The fourth-order valence-corrected chi connectivity index (χ4v) is 2.20. The number of carbonyl (C=O) groups excluding carboxylic acids is 1. The maximum atomic E-state index is 11.6. The summed E-state index contributed by atoms with van der Waals surface area (Å²) in [6, 6.07) is -0.00694. The van der Waals surface area contributed by atoms with Crippen LogP contribution >= 0.6 is 0 Å². The molecule has 0 bridgehead atoms. The van der Waals surface area contributed by atoms with Crippen molar-refractivity contribution >= 4 is 5.97 Å². The van der Waals surface area contributed by atoms with Gasteiger partial charge in [-0.25, -0.2) is 0 Å². The molecule has 1 atom stereocenters. The minimum atomic E-state index is -0.0635. The summed E-state index contributed by atoms with van der Waals surface area (Å²) in [5.74, 6) is 0.743. The highest BCUT2D eigenvalue weighted by molar-refractivity contribution is 5.75. The Balaban J connectivity index is 2.51. The van der Waals surface area contributed by atoms with E-state index >= 15 is 0 Å². The van der Waals surface area contributed by atoms with E-state index in [1.165, 1.54) is 20.0 Å². The van der Waals surface area contributed by atoms with Gasteiger partial charge in [0.25, 0.3) is 0 Å². The quantitative estimate of drug-likeness (QED) is 0.669. The van der Waals surface area contributed by atoms with Gasteiger partial charge in [0, 0.05) is 0 Å². The van der Waals surface area contributed by atoms with Crippen molar-refractivity contribution in [3.8, 4) is 0 Å². The van der Waals surface area contributed by atoms with E-state index in [4.69, 9.17) is 4.74 Å². The molecule has 0 saturated carbocycles. The number of likely N-dealkylation sites (tertiary alicyclic amines) is 1. The highest BCUT2D eigenvalue weighted by atomic mass is 16.5. The molecule has 0 unspecified atom stereocenters. The Hall–Kier alpha value is -0.570. The van der Waals surface area contributed by atoms with Crippen molar-refractivity contribution in [1.29, 1.82) is 0 Å². The molecular weight excluding hydrogens is 190 g/mol. The van der Waals surface area contributed by atoms with Gasteiger partial charge in [0.05, 0.1) is 7.11 Å². The second-order valence-corrected chi connectivity index (χ2v) is 4.55. The number of carbonyl (C=O) groups is 1. The molecule has 1 saturated heterocycles. The minimum absolute atomic E-state index is 0.00694. The third-order valence-corrected chi connectivity index (χ3v) is 3.29. The summed E-state index contributed by atoms with van der Waals surface area (Å²) in [5, 5.41) is 0. The van der Waals surface area contributed by atoms with Crippen LogP contribution in [0.25, 0.3) is 0 Å². The number of ether oxygens (including phenoxy) is 1. The van der Waals surface area contributed by atoms with Gasteiger partial charge in [-0.15, -0.1) is 0 Å². The number of hydrogen-bond acceptors (Lipinski definition) is 3. The van der Waals surface area contributed by atoms with Crippen molar-refractivity contribution in [2.24, 2.45) is 5.92 Å². The van der Waals surface area contributed by atoms with E-state index in [0.29, 0.717) is 0 Å². The Morgan fingerprint density at radius 3 is 2.53 bits per heavy atom. The number of rotatable bonds is 4. The first-order valence-corrected chi connectivity index (χ1v) is 6.01. The molecule has 0 radical (unpaired) electrons. The molecule has 1 heterocycles. The molecule has 3 nitrogen and oxygen atoms in total. The number of methoxy groups -OCH3 is 1. The zero-order valence-corrected chi connectivity index (χ0v) is 10.2. The van der Waals surface area contributed by atoms with E-state index in [-0.39, 0.29) is 12.0 Å². The zero-order valence-electron chi connectivity index (χ0n) is 10.2. The molecule has 0 aromatic heterocycles. The lowest BCUT2D eigenvalue weighted by Crippen LogP contribution is -2.45. The SMILES string of the molecule is CCC[C@@H](C(=O)OC)N1CCC(C)CC1. The van der Waals surface area contributed by atoms with Crippen LogP contribution in [0.1, 0.15) is 39.5 Å². The Kier molecular flexibility index (Phi) is 5.09. The fraction of sp³-hybridized carbons (Fsp3) is 0.917. The molecule has 1 aliphatic heterocycles. The summed E-state index contributed by atoms with van der Waals surface area (Å²) in [4.78, 5) is 13.9. The van der Waals surface area contributed by atoms with Gasteiger partial charge in [-0.05, 0) is 38.3 Å². The largest absolute Gasteiger partial charge is 0.468 e. The molecule has 0 aromatic carbocycles. The Morgan fingerprint density at radius 2 is 2.07 bits per heavy atom. The Bertz CT molecular complexity index is 198. The summed E-state index contributed by atoms with van der Waals surface area (Å²) >= 11 is 0. The van der Waals surface area contributed by atoms with Crippen LogP contribution < -0.4 is 0 Å². The normalized spacial score (nSPS) is 21.3. The second kappa shape index (κ2) is 6.11. The van der Waals surface area contributed by atoms with E-state index in [1.54, 1.807) is 0 Å². The third kappa shape index (κ3) is 3.49. The van der Waals surface area contributed by atoms with E-state index in [2.05, 4.69) is 18.7 Å². The molecule has 1 aliphatic rings. The molecule has 0 amide bonds. The average Bonchev–Trinajstić information content (AvgIpc) is 2.26. The summed E-state index contributed by atoms with van der Waals surface area (Å²) in [6.45, 7) is 6.48. The number of nitrogens with zero attached hydrogens (tertiary/aromatic N) is 1. The predicted molar refractivity (Wildman–Crippen MR) is 60.7 cm³/mol. The predicted octanol–water partition coefficient (Wildman–Crippen LogP) is 2.06. The van der Waals surface area contributed by atoms with Gasteiger partial charge in [0.15, 0.2) is 0 Å². The summed E-state index contributed by atoms with van der Waals surface area (Å²) < 4.78 is 4.86. The van der Waals surface area contributed by atoms with Crippen LogP contribution in [0.15, 0.2) is 0 Å². The summed E-state index contributed by atoms with van der Waals surface area (Å²) in [5.41, 5.74) is 0. The number of esters is 1. The Morgan fingerprint density at radius 1 is 1.47 bits per heavy atom. The van der Waals surface area contributed by atoms with E-state index < -0.39 is 0 Å². The van der Waals surface area contributed by atoms with Crippen LogP contribution in [-0.2, 0) is 9.53 Å². The van der Waals surface area contributed by atoms with Crippen LogP contribution in [0.4, 0.5) is 0 Å². The zero-order chi connectivity index (χ0) is 11.3. The van der Waals surface area contributed by atoms with Gasteiger partial charge in [0.2, 0.25) is 0 Å². The molecule has 3 heteroatoms. The van der Waals surface area contributed by atoms with Crippen LogP contribution in [0.2, 0.25) is 0 Å². The monoisotopic (exact) mass is 213 g/mol. The standard InChI is InChI=1S/C12H23NO2/c1-4-5-11(12(14)15-3)13-8-6-10(2)7-9-13/h10-11H,4-9H2,1-3H3/t11-/m0/s1. The maximum Gasteiger partial charge on any atom is 0.323 e. The van der Waals surface area contributed by atoms with Crippen LogP contribution in [0, 0.1) is 5.92 Å². The highest BCUT2D eigenvalue weighted by Gasteiger charge is 2.28. The van der Waals surface area contributed by atoms with Crippen molar-refractivity contribution < 1.29 is 9.53 Å². The molecule has 1 rings (SSSR count). The fourth-order valence-electron chi connectivity index (χ4n) is 2.20. The molecule has 15 heavy (non-hydrogen) atoms. The van der Waals surface area contributed by atoms with E-state index in [9.17, 15) is 4.79 Å². The molecule has 0 aliphatic carbocycles. The van der Waals surface area contributed by atoms with Crippen molar-refractivity contribution in [2.45, 2.75) is 45.6 Å². The molecule has 1 fully saturated rings. The molecule has 88 valence electrons. The maximum absolute atomic E-state index is 11.6. The smallest absolute Gasteiger partial charge is 0.323 e. The van der Waals surface area contributed by atoms with Gasteiger partial charge in [-0.3, -0.25) is 9.69 Å². The molecule has 0 spiro atoms. The van der Waals surface area contributed by atoms with Gasteiger partial charge in [0.1, 0.15) is 6.04 Å². The Labute approximate surface area is 92.8 Å². The van der Waals surface area contributed by atoms with E-state index in [0.717, 1.165) is 31.8 Å². The second-order valence-electron chi connectivity index (χ2n) is 4.55. The minimum Gasteiger partial charge on any atom is -0.468 e. The van der Waals surface area contributed by atoms with Gasteiger partial charge >= 0.3 is 5.97 Å².